The van der Waals surface area contributed by atoms with Gasteiger partial charge in [0.05, 0.1) is 12.8 Å². The highest BCUT2D eigenvalue weighted by Gasteiger charge is 2.12. The summed E-state index contributed by atoms with van der Waals surface area (Å²) in [5, 5.41) is 5.40. The summed E-state index contributed by atoms with van der Waals surface area (Å²) in [6.07, 6.45) is 3.97. The van der Waals surface area contributed by atoms with Crippen LogP contribution in [0.4, 0.5) is 11.4 Å². The first-order chi connectivity index (χ1) is 15.1. The van der Waals surface area contributed by atoms with E-state index in [0.717, 1.165) is 24.3 Å². The summed E-state index contributed by atoms with van der Waals surface area (Å²) in [5.41, 5.74) is 2.72. The average Bonchev–Trinajstić information content (AvgIpc) is 2.79. The zero-order chi connectivity index (χ0) is 21.9. The molecule has 1 saturated heterocycles. The van der Waals surface area contributed by atoms with E-state index < -0.39 is 11.9 Å². The van der Waals surface area contributed by atoms with Crippen LogP contribution in [-0.4, -0.2) is 44.0 Å². The number of anilines is 2. The summed E-state index contributed by atoms with van der Waals surface area (Å²) < 4.78 is 4.98. The molecule has 1 fully saturated rings. The fourth-order valence-electron chi connectivity index (χ4n) is 3.47. The molecule has 7 nitrogen and oxygen atoms in total. The first kappa shape index (κ1) is 22.3. The number of piperidine rings is 1. The van der Waals surface area contributed by atoms with E-state index in [0.29, 0.717) is 5.69 Å². The van der Waals surface area contributed by atoms with Crippen molar-refractivity contribution in [3.8, 4) is 0 Å². The summed E-state index contributed by atoms with van der Waals surface area (Å²) in [6, 6.07) is 17.1. The van der Waals surface area contributed by atoms with E-state index >= 15 is 0 Å². The first-order valence-corrected chi connectivity index (χ1v) is 10.7. The van der Waals surface area contributed by atoms with Crippen molar-refractivity contribution in [2.45, 2.75) is 32.1 Å². The van der Waals surface area contributed by atoms with Crippen LogP contribution in [-0.2, 0) is 25.5 Å². The lowest BCUT2D eigenvalue weighted by Crippen LogP contribution is -2.29. The van der Waals surface area contributed by atoms with Crippen LogP contribution < -0.4 is 15.5 Å². The van der Waals surface area contributed by atoms with E-state index in [2.05, 4.69) is 15.5 Å². The number of hydrogen-bond acceptors (Lipinski definition) is 5. The highest BCUT2D eigenvalue weighted by molar-refractivity contribution is 5.93. The Hall–Kier alpha value is -3.35. The summed E-state index contributed by atoms with van der Waals surface area (Å²) in [7, 11) is 0. The molecule has 31 heavy (non-hydrogen) atoms. The number of nitrogens with one attached hydrogen (secondary N) is 2. The highest BCUT2D eigenvalue weighted by Crippen LogP contribution is 2.21. The van der Waals surface area contributed by atoms with Crippen LogP contribution in [0.3, 0.4) is 0 Å². The van der Waals surface area contributed by atoms with E-state index in [1.165, 1.54) is 19.3 Å². The van der Waals surface area contributed by atoms with Gasteiger partial charge in [0.15, 0.2) is 6.61 Å². The molecule has 1 aliphatic heterocycles. The molecule has 7 heteroatoms. The average molecular weight is 424 g/mol. The van der Waals surface area contributed by atoms with Crippen molar-refractivity contribution in [3.05, 3.63) is 60.2 Å². The SMILES string of the molecule is O=C(Cc1ccccc1)NCCC(=O)OCC(=O)Nc1ccc(N2CCCCC2)cc1. The number of rotatable bonds is 9. The summed E-state index contributed by atoms with van der Waals surface area (Å²) in [4.78, 5) is 38.0. The molecule has 2 N–H and O–H groups in total. The third kappa shape index (κ3) is 7.77. The molecule has 0 aromatic heterocycles. The fourth-order valence-corrected chi connectivity index (χ4v) is 3.47. The monoisotopic (exact) mass is 423 g/mol. The van der Waals surface area contributed by atoms with Crippen molar-refractivity contribution in [2.24, 2.45) is 0 Å². The predicted octanol–water partition coefficient (Wildman–Crippen LogP) is 2.91. The quantitative estimate of drug-likeness (QED) is 0.606. The number of amides is 2. The lowest BCUT2D eigenvalue weighted by Gasteiger charge is -2.28. The van der Waals surface area contributed by atoms with E-state index in [1.807, 2.05) is 54.6 Å². The summed E-state index contributed by atoms with van der Waals surface area (Å²) in [6.45, 7) is 1.94. The summed E-state index contributed by atoms with van der Waals surface area (Å²) >= 11 is 0. The first-order valence-electron chi connectivity index (χ1n) is 10.7. The second kappa shape index (κ2) is 11.7. The maximum Gasteiger partial charge on any atom is 0.308 e. The van der Waals surface area contributed by atoms with Crippen LogP contribution in [0.25, 0.3) is 0 Å². The van der Waals surface area contributed by atoms with Gasteiger partial charge in [0.2, 0.25) is 5.91 Å². The molecule has 0 saturated carbocycles. The third-order valence-electron chi connectivity index (χ3n) is 5.10. The molecule has 3 rings (SSSR count). The molecule has 1 heterocycles. The molecule has 2 amide bonds. The van der Waals surface area contributed by atoms with Crippen molar-refractivity contribution in [2.75, 3.05) is 36.5 Å². The molecule has 1 aliphatic rings. The summed E-state index contributed by atoms with van der Waals surface area (Å²) in [5.74, 6) is -1.09. The molecule has 164 valence electrons. The Morgan fingerprint density at radius 1 is 0.871 bits per heavy atom. The maximum atomic E-state index is 12.0. The number of carbonyl (C=O) groups excluding carboxylic acids is 3. The van der Waals surface area contributed by atoms with E-state index in [4.69, 9.17) is 4.74 Å². The normalized spacial score (nSPS) is 13.4. The number of carbonyl (C=O) groups is 3. The number of nitrogens with zero attached hydrogens (tertiary/aromatic N) is 1. The Labute approximate surface area is 182 Å². The minimum absolute atomic E-state index is 0.0122. The number of hydrogen-bond donors (Lipinski definition) is 2. The minimum Gasteiger partial charge on any atom is -0.456 e. The van der Waals surface area contributed by atoms with Gasteiger partial charge >= 0.3 is 5.97 Å². The van der Waals surface area contributed by atoms with Gasteiger partial charge in [0, 0.05) is 31.0 Å². The minimum atomic E-state index is -0.532. The second-order valence-corrected chi connectivity index (χ2v) is 7.57. The number of benzene rings is 2. The van der Waals surface area contributed by atoms with Gasteiger partial charge in [-0.15, -0.1) is 0 Å². The van der Waals surface area contributed by atoms with Gasteiger partial charge in [-0.3, -0.25) is 14.4 Å². The Morgan fingerprint density at radius 2 is 1.58 bits per heavy atom. The zero-order valence-corrected chi connectivity index (χ0v) is 17.6. The molecule has 0 radical (unpaired) electrons. The van der Waals surface area contributed by atoms with Gasteiger partial charge in [-0.05, 0) is 49.1 Å². The Kier molecular flexibility index (Phi) is 8.46. The van der Waals surface area contributed by atoms with Crippen molar-refractivity contribution in [3.63, 3.8) is 0 Å². The molecule has 2 aromatic carbocycles. The lowest BCUT2D eigenvalue weighted by atomic mass is 10.1. The largest absolute Gasteiger partial charge is 0.456 e. The van der Waals surface area contributed by atoms with Crippen molar-refractivity contribution in [1.29, 1.82) is 0 Å². The molecule has 0 aliphatic carbocycles. The van der Waals surface area contributed by atoms with Crippen LogP contribution in [0, 0.1) is 0 Å². The van der Waals surface area contributed by atoms with Gasteiger partial charge in [-0.1, -0.05) is 30.3 Å². The Morgan fingerprint density at radius 3 is 2.29 bits per heavy atom. The van der Waals surface area contributed by atoms with Gasteiger partial charge in [-0.25, -0.2) is 0 Å². The fraction of sp³-hybridized carbons (Fsp3) is 0.375. The number of esters is 1. The molecule has 0 bridgehead atoms. The standard InChI is InChI=1S/C24H29N3O4/c28-22(17-19-7-3-1-4-8-19)25-14-13-24(30)31-18-23(29)26-20-9-11-21(12-10-20)27-15-5-2-6-16-27/h1,3-4,7-12H,2,5-6,13-18H2,(H,25,28)(H,26,29). The molecule has 2 aromatic rings. The topological polar surface area (TPSA) is 87.7 Å². The molecule has 0 spiro atoms. The van der Waals surface area contributed by atoms with Crippen LogP contribution >= 0.6 is 0 Å². The molecule has 0 unspecified atom stereocenters. The van der Waals surface area contributed by atoms with Gasteiger partial charge in [0.25, 0.3) is 5.91 Å². The van der Waals surface area contributed by atoms with Crippen LogP contribution in [0.2, 0.25) is 0 Å². The van der Waals surface area contributed by atoms with Crippen LogP contribution in [0.5, 0.6) is 0 Å². The van der Waals surface area contributed by atoms with Gasteiger partial charge in [-0.2, -0.15) is 0 Å². The van der Waals surface area contributed by atoms with Crippen molar-refractivity contribution >= 4 is 29.2 Å². The lowest BCUT2D eigenvalue weighted by molar-refractivity contribution is -0.147. The second-order valence-electron chi connectivity index (χ2n) is 7.57. The van der Waals surface area contributed by atoms with E-state index in [1.54, 1.807) is 0 Å². The Bertz CT molecular complexity index is 862. The predicted molar refractivity (Wildman–Crippen MR) is 120 cm³/mol. The van der Waals surface area contributed by atoms with Crippen molar-refractivity contribution < 1.29 is 19.1 Å². The zero-order valence-electron chi connectivity index (χ0n) is 17.6. The molecular formula is C24H29N3O4. The van der Waals surface area contributed by atoms with Crippen LogP contribution in [0.1, 0.15) is 31.2 Å². The highest BCUT2D eigenvalue weighted by atomic mass is 16.5. The van der Waals surface area contributed by atoms with E-state index in [9.17, 15) is 14.4 Å². The molecular weight excluding hydrogens is 394 g/mol. The third-order valence-corrected chi connectivity index (χ3v) is 5.10. The molecule has 0 atom stereocenters. The van der Waals surface area contributed by atoms with Crippen LogP contribution in [0.15, 0.2) is 54.6 Å². The smallest absolute Gasteiger partial charge is 0.308 e. The van der Waals surface area contributed by atoms with Crippen molar-refractivity contribution in [1.82, 2.24) is 5.32 Å². The Balaban J connectivity index is 1.31. The van der Waals surface area contributed by atoms with Gasteiger partial charge in [0.1, 0.15) is 0 Å². The van der Waals surface area contributed by atoms with Gasteiger partial charge < -0.3 is 20.3 Å². The van der Waals surface area contributed by atoms with E-state index in [-0.39, 0.29) is 31.9 Å². The number of ether oxygens (including phenoxy) is 1. The maximum absolute atomic E-state index is 12.0.